The van der Waals surface area contributed by atoms with E-state index in [0.29, 0.717) is 23.4 Å². The third kappa shape index (κ3) is 2.93. The van der Waals surface area contributed by atoms with Crippen LogP contribution in [0.25, 0.3) is 0 Å². The van der Waals surface area contributed by atoms with Crippen LogP contribution < -0.4 is 0 Å². The molecule has 6 heteroatoms. The van der Waals surface area contributed by atoms with Gasteiger partial charge in [0.1, 0.15) is 16.8 Å². The molecule has 4 atom stereocenters. The van der Waals surface area contributed by atoms with Gasteiger partial charge < -0.3 is 10.2 Å². The van der Waals surface area contributed by atoms with E-state index in [1.807, 2.05) is 0 Å². The van der Waals surface area contributed by atoms with E-state index in [0.717, 1.165) is 57.8 Å². The number of rotatable bonds is 3. The summed E-state index contributed by atoms with van der Waals surface area (Å²) in [6, 6.07) is 5.34. The van der Waals surface area contributed by atoms with Gasteiger partial charge >= 0.3 is 0 Å². The van der Waals surface area contributed by atoms with Crippen molar-refractivity contribution < 1.29 is 10.2 Å². The molecular formula is C23H30N4O2. The molecule has 2 saturated carbocycles. The minimum Gasteiger partial charge on any atom is -0.506 e. The molecule has 154 valence electrons. The largest absolute Gasteiger partial charge is 0.506 e. The number of hydrogen-bond acceptors (Lipinski definition) is 6. The first-order valence-corrected chi connectivity index (χ1v) is 10.9. The molecule has 1 aromatic rings. The first-order chi connectivity index (χ1) is 14.0. The molecule has 0 amide bonds. The first-order valence-electron chi connectivity index (χ1n) is 10.9. The number of hydrogen-bond donors (Lipinski definition) is 2. The van der Waals surface area contributed by atoms with Gasteiger partial charge in [-0.1, -0.05) is 25.7 Å². The van der Waals surface area contributed by atoms with Gasteiger partial charge in [0.2, 0.25) is 0 Å². The van der Waals surface area contributed by atoms with Crippen LogP contribution in [-0.4, -0.2) is 31.2 Å². The van der Waals surface area contributed by atoms with E-state index in [-0.39, 0.29) is 24.2 Å². The number of aromatic nitrogens is 1. The van der Waals surface area contributed by atoms with Gasteiger partial charge in [-0.3, -0.25) is 9.88 Å². The summed E-state index contributed by atoms with van der Waals surface area (Å²) >= 11 is 0. The van der Waals surface area contributed by atoms with E-state index in [9.17, 15) is 20.7 Å². The lowest BCUT2D eigenvalue weighted by Gasteiger charge is -2.61. The summed E-state index contributed by atoms with van der Waals surface area (Å²) in [7, 11) is 0. The van der Waals surface area contributed by atoms with Crippen LogP contribution in [0.3, 0.4) is 0 Å². The van der Waals surface area contributed by atoms with Crippen molar-refractivity contribution in [2.24, 2.45) is 11.8 Å². The Morgan fingerprint density at radius 2 is 1.69 bits per heavy atom. The van der Waals surface area contributed by atoms with Crippen LogP contribution in [-0.2, 0) is 13.2 Å². The fraction of sp³-hybridized carbons (Fsp3) is 0.696. The molecule has 0 radical (unpaired) electrons. The molecule has 2 aliphatic carbocycles. The van der Waals surface area contributed by atoms with Gasteiger partial charge in [-0.25, -0.2) is 0 Å². The predicted octanol–water partition coefficient (Wildman–Crippen LogP) is 3.70. The lowest BCUT2D eigenvalue weighted by molar-refractivity contribution is -0.117. The average Bonchev–Trinajstić information content (AvgIpc) is 2.76. The van der Waals surface area contributed by atoms with Crippen molar-refractivity contribution in [3.05, 3.63) is 23.0 Å². The number of aromatic hydroxyl groups is 1. The minimum atomic E-state index is -0.682. The van der Waals surface area contributed by atoms with Crippen molar-refractivity contribution in [2.45, 2.75) is 88.9 Å². The van der Waals surface area contributed by atoms with Crippen molar-refractivity contribution >= 4 is 0 Å². The molecule has 0 bridgehead atoms. The Morgan fingerprint density at radius 1 is 1.10 bits per heavy atom. The number of piperidine rings is 1. The number of nitriles is 2. The highest BCUT2D eigenvalue weighted by Gasteiger charge is 2.61. The van der Waals surface area contributed by atoms with Crippen molar-refractivity contribution in [1.29, 1.82) is 10.5 Å². The standard InChI is InChI=1S/C23H30N4O2/c1-16-21(29)20(17(13-28)11-26-16)12-27-22(14-24)8-4-2-6-18(22)10-19-7-3-5-9-23(19,27)15-25/h11,18-19,28-29H,2-10,12-13H2,1H3. The van der Waals surface area contributed by atoms with E-state index in [4.69, 9.17) is 0 Å². The van der Waals surface area contributed by atoms with E-state index < -0.39 is 11.1 Å². The molecule has 6 nitrogen and oxygen atoms in total. The third-order valence-corrected chi connectivity index (χ3v) is 7.91. The minimum absolute atomic E-state index is 0.0722. The second kappa shape index (κ2) is 7.59. The van der Waals surface area contributed by atoms with Gasteiger partial charge in [0, 0.05) is 23.9 Å². The molecule has 3 fully saturated rings. The topological polar surface area (TPSA) is 104 Å². The van der Waals surface area contributed by atoms with E-state index in [2.05, 4.69) is 22.0 Å². The Morgan fingerprint density at radius 3 is 2.21 bits per heavy atom. The Kier molecular flexibility index (Phi) is 5.27. The number of nitrogens with zero attached hydrogens (tertiary/aromatic N) is 4. The summed E-state index contributed by atoms with van der Waals surface area (Å²) in [6.45, 7) is 1.82. The summed E-state index contributed by atoms with van der Waals surface area (Å²) in [5.74, 6) is 0.588. The molecule has 2 N–H and O–H groups in total. The summed E-state index contributed by atoms with van der Waals surface area (Å²) in [5.41, 5.74) is 0.321. The van der Waals surface area contributed by atoms with Crippen LogP contribution in [0.5, 0.6) is 5.75 Å². The number of pyridine rings is 1. The van der Waals surface area contributed by atoms with Crippen LogP contribution in [0.4, 0.5) is 0 Å². The van der Waals surface area contributed by atoms with Crippen LogP contribution in [0.15, 0.2) is 6.20 Å². The zero-order chi connectivity index (χ0) is 20.6. The second-order valence-corrected chi connectivity index (χ2v) is 9.13. The van der Waals surface area contributed by atoms with Gasteiger partial charge in [-0.2, -0.15) is 10.5 Å². The third-order valence-electron chi connectivity index (χ3n) is 7.91. The van der Waals surface area contributed by atoms with Crippen molar-refractivity contribution in [2.75, 3.05) is 0 Å². The Balaban J connectivity index is 1.87. The number of aryl methyl sites for hydroxylation is 1. The number of aliphatic hydroxyl groups excluding tert-OH is 1. The SMILES string of the molecule is Cc1ncc(CO)c(CN2C3(C#N)CCCCC3CC3CCCCC32C#N)c1O. The number of fused-ring (bicyclic) bond motifs is 2. The summed E-state index contributed by atoms with van der Waals surface area (Å²) in [6.07, 6.45) is 10.4. The summed E-state index contributed by atoms with van der Waals surface area (Å²) in [5, 5.41) is 41.6. The molecule has 1 saturated heterocycles. The van der Waals surface area contributed by atoms with Gasteiger partial charge in [0.05, 0.1) is 24.4 Å². The van der Waals surface area contributed by atoms with Crippen molar-refractivity contribution in [3.8, 4) is 17.9 Å². The monoisotopic (exact) mass is 394 g/mol. The average molecular weight is 395 g/mol. The molecule has 1 aromatic heterocycles. The predicted molar refractivity (Wildman–Crippen MR) is 107 cm³/mol. The summed E-state index contributed by atoms with van der Waals surface area (Å²) in [4.78, 5) is 6.34. The Bertz CT molecular complexity index is 833. The van der Waals surface area contributed by atoms with E-state index in [1.165, 1.54) is 0 Å². The highest BCUT2D eigenvalue weighted by molar-refractivity contribution is 5.42. The quantitative estimate of drug-likeness (QED) is 0.810. The zero-order valence-electron chi connectivity index (χ0n) is 17.2. The fourth-order valence-electron chi connectivity index (χ4n) is 6.34. The lowest BCUT2D eigenvalue weighted by atomic mass is 9.57. The first kappa shape index (κ1) is 20.1. The van der Waals surface area contributed by atoms with Crippen molar-refractivity contribution in [3.63, 3.8) is 0 Å². The van der Waals surface area contributed by atoms with Crippen LogP contribution >= 0.6 is 0 Å². The molecule has 29 heavy (non-hydrogen) atoms. The van der Waals surface area contributed by atoms with Gasteiger partial charge in [-0.15, -0.1) is 0 Å². The molecule has 4 unspecified atom stereocenters. The Hall–Kier alpha value is -2.15. The molecule has 2 heterocycles. The maximum atomic E-state index is 10.8. The molecule has 3 aliphatic rings. The molecule has 0 aromatic carbocycles. The fourth-order valence-corrected chi connectivity index (χ4v) is 6.34. The van der Waals surface area contributed by atoms with E-state index >= 15 is 0 Å². The van der Waals surface area contributed by atoms with Crippen LogP contribution in [0.2, 0.25) is 0 Å². The lowest BCUT2D eigenvalue weighted by Crippen LogP contribution is -2.70. The van der Waals surface area contributed by atoms with Gasteiger partial charge in [0.25, 0.3) is 0 Å². The Labute approximate surface area is 172 Å². The van der Waals surface area contributed by atoms with Crippen LogP contribution in [0.1, 0.15) is 74.6 Å². The summed E-state index contributed by atoms with van der Waals surface area (Å²) < 4.78 is 0. The maximum Gasteiger partial charge on any atom is 0.141 e. The van der Waals surface area contributed by atoms with Gasteiger partial charge in [-0.05, 0) is 50.9 Å². The highest BCUT2D eigenvalue weighted by atomic mass is 16.3. The molecule has 4 rings (SSSR count). The smallest absolute Gasteiger partial charge is 0.141 e. The van der Waals surface area contributed by atoms with Crippen molar-refractivity contribution in [1.82, 2.24) is 9.88 Å². The maximum absolute atomic E-state index is 10.8. The molecule has 0 spiro atoms. The number of aliphatic hydroxyl groups is 1. The number of likely N-dealkylation sites (tertiary alicyclic amines) is 1. The second-order valence-electron chi connectivity index (χ2n) is 9.13. The molecule has 1 aliphatic heterocycles. The van der Waals surface area contributed by atoms with Gasteiger partial charge in [0.15, 0.2) is 0 Å². The normalized spacial score (nSPS) is 34.5. The zero-order valence-corrected chi connectivity index (χ0v) is 17.2. The van der Waals surface area contributed by atoms with Crippen LogP contribution in [0, 0.1) is 41.4 Å². The highest BCUT2D eigenvalue weighted by Crippen LogP contribution is 2.56. The van der Waals surface area contributed by atoms with E-state index in [1.54, 1.807) is 13.1 Å². The molecular weight excluding hydrogens is 364 g/mol.